The Hall–Kier alpha value is -6.50. The molecular formula is C60H46. The van der Waals surface area contributed by atoms with Gasteiger partial charge in [0.1, 0.15) is 0 Å². The number of allylic oxidation sites excluding steroid dienone is 18. The van der Waals surface area contributed by atoms with Gasteiger partial charge in [0, 0.05) is 11.8 Å². The monoisotopic (exact) mass is 766 g/mol. The van der Waals surface area contributed by atoms with Crippen molar-refractivity contribution in [1.29, 1.82) is 0 Å². The second-order valence-electron chi connectivity index (χ2n) is 18.1. The van der Waals surface area contributed by atoms with Crippen molar-refractivity contribution in [3.8, 4) is 33.4 Å². The normalized spacial score (nSPS) is 21.9. The summed E-state index contributed by atoms with van der Waals surface area (Å²) in [5, 5.41) is 5.56. The van der Waals surface area contributed by atoms with Crippen molar-refractivity contribution in [3.63, 3.8) is 0 Å². The van der Waals surface area contributed by atoms with Gasteiger partial charge in [-0.15, -0.1) is 0 Å². The molecule has 0 radical (unpaired) electrons. The van der Waals surface area contributed by atoms with Crippen molar-refractivity contribution in [2.24, 2.45) is 17.8 Å². The Morgan fingerprint density at radius 3 is 2.18 bits per heavy atom. The lowest BCUT2D eigenvalue weighted by molar-refractivity contribution is 0.641. The van der Waals surface area contributed by atoms with Crippen LogP contribution in [-0.4, -0.2) is 0 Å². The molecule has 0 heteroatoms. The zero-order valence-corrected chi connectivity index (χ0v) is 34.4. The molecule has 0 saturated heterocycles. The lowest BCUT2D eigenvalue weighted by Crippen LogP contribution is -2.22. The Labute approximate surface area is 353 Å². The van der Waals surface area contributed by atoms with Gasteiger partial charge in [0.2, 0.25) is 0 Å². The number of fused-ring (bicyclic) bond motifs is 8. The minimum absolute atomic E-state index is 0.256. The van der Waals surface area contributed by atoms with Gasteiger partial charge in [0.15, 0.2) is 0 Å². The summed E-state index contributed by atoms with van der Waals surface area (Å²) in [6.45, 7) is 4.75. The average Bonchev–Trinajstić information content (AvgIpc) is 3.80. The van der Waals surface area contributed by atoms with E-state index in [1.807, 2.05) is 0 Å². The molecule has 60 heavy (non-hydrogen) atoms. The molecule has 3 atom stereocenters. The fraction of sp³-hybridized carbons (Fsp3) is 0.167. The zero-order valence-electron chi connectivity index (χ0n) is 34.4. The highest BCUT2D eigenvalue weighted by Crippen LogP contribution is 2.64. The van der Waals surface area contributed by atoms with Crippen LogP contribution in [-0.2, 0) is 0 Å². The highest BCUT2D eigenvalue weighted by atomic mass is 14.5. The first-order valence-electron chi connectivity index (χ1n) is 22.3. The smallest absolute Gasteiger partial charge is 0.0206 e. The molecule has 0 heterocycles. The summed E-state index contributed by atoms with van der Waals surface area (Å²) < 4.78 is 0. The Morgan fingerprint density at radius 1 is 0.583 bits per heavy atom. The molecule has 7 aliphatic rings. The van der Waals surface area contributed by atoms with Crippen LogP contribution in [0.4, 0.5) is 0 Å². The molecule has 0 aromatic heterocycles. The largest absolute Gasteiger partial charge is 0.0837 e. The summed E-state index contributed by atoms with van der Waals surface area (Å²) in [5.41, 5.74) is 27.2. The maximum absolute atomic E-state index is 2.67. The summed E-state index contributed by atoms with van der Waals surface area (Å²) in [4.78, 5) is 0. The molecule has 0 spiro atoms. The molecule has 0 nitrogen and oxygen atoms in total. The van der Waals surface area contributed by atoms with Gasteiger partial charge >= 0.3 is 0 Å². The third-order valence-corrected chi connectivity index (χ3v) is 14.9. The van der Waals surface area contributed by atoms with E-state index in [-0.39, 0.29) is 5.92 Å². The first-order valence-corrected chi connectivity index (χ1v) is 22.3. The molecule has 0 N–H and O–H groups in total. The Bertz CT molecular complexity index is 3210. The van der Waals surface area contributed by atoms with E-state index in [0.717, 1.165) is 32.1 Å². The van der Waals surface area contributed by atoms with Gasteiger partial charge in [-0.2, -0.15) is 0 Å². The summed E-state index contributed by atoms with van der Waals surface area (Å²) in [7, 11) is 0. The third-order valence-electron chi connectivity index (χ3n) is 14.9. The van der Waals surface area contributed by atoms with Crippen LogP contribution in [0.3, 0.4) is 0 Å². The fourth-order valence-corrected chi connectivity index (χ4v) is 12.6. The summed E-state index contributed by atoms with van der Waals surface area (Å²) in [6.07, 6.45) is 27.7. The van der Waals surface area contributed by atoms with Gasteiger partial charge < -0.3 is 0 Å². The number of rotatable bonds is 4. The Morgan fingerprint density at radius 2 is 1.35 bits per heavy atom. The van der Waals surface area contributed by atoms with E-state index in [2.05, 4.69) is 178 Å². The maximum Gasteiger partial charge on any atom is 0.0206 e. The minimum Gasteiger partial charge on any atom is -0.0837 e. The topological polar surface area (TPSA) is 0 Å². The first-order chi connectivity index (χ1) is 29.6. The van der Waals surface area contributed by atoms with E-state index in [4.69, 9.17) is 0 Å². The lowest BCUT2D eigenvalue weighted by atomic mass is 9.67. The SMILES string of the molecule is CC1=C(C2=CC3=C(C=C4c5c(c(-c6ccccc6-c6ccccc6)c6cc7c8c(cccc8c6c5-c5ccccc5)C5=C7CCC=C5)C5=CC=CC3C54)CC2)C(C)CC=C1. The quantitative estimate of drug-likeness (QED) is 0.157. The van der Waals surface area contributed by atoms with Crippen molar-refractivity contribution in [2.45, 2.75) is 46.0 Å². The Balaban J connectivity index is 1.19. The van der Waals surface area contributed by atoms with Crippen LogP contribution in [0.1, 0.15) is 68.2 Å². The van der Waals surface area contributed by atoms with Crippen LogP contribution in [0.5, 0.6) is 0 Å². The van der Waals surface area contributed by atoms with E-state index in [1.54, 1.807) is 11.1 Å². The second kappa shape index (κ2) is 13.0. The average molecular weight is 767 g/mol. The number of hydrogen-bond acceptors (Lipinski definition) is 0. The molecule has 0 amide bonds. The van der Waals surface area contributed by atoms with Crippen molar-refractivity contribution in [3.05, 3.63) is 214 Å². The van der Waals surface area contributed by atoms with E-state index >= 15 is 0 Å². The molecule has 286 valence electrons. The van der Waals surface area contributed by atoms with Crippen LogP contribution in [0.25, 0.3) is 77.2 Å². The first kappa shape index (κ1) is 34.4. The summed E-state index contributed by atoms with van der Waals surface area (Å²) >= 11 is 0. The van der Waals surface area contributed by atoms with Crippen LogP contribution in [0.15, 0.2) is 192 Å². The second-order valence-corrected chi connectivity index (χ2v) is 18.1. The van der Waals surface area contributed by atoms with Gasteiger partial charge in [-0.3, -0.25) is 0 Å². The Kier molecular flexibility index (Phi) is 7.45. The fourth-order valence-electron chi connectivity index (χ4n) is 12.6. The molecule has 6 aromatic carbocycles. The molecule has 7 aliphatic carbocycles. The van der Waals surface area contributed by atoms with Crippen LogP contribution in [0, 0.1) is 17.8 Å². The predicted molar refractivity (Wildman–Crippen MR) is 255 cm³/mol. The van der Waals surface area contributed by atoms with E-state index < -0.39 is 0 Å². The van der Waals surface area contributed by atoms with Gasteiger partial charge in [-0.25, -0.2) is 0 Å². The summed E-state index contributed by atoms with van der Waals surface area (Å²) in [5.74, 6) is 1.11. The highest BCUT2D eigenvalue weighted by molar-refractivity contribution is 6.30. The standard InChI is InChI=1S/C60H46/c1-35-16-13-17-36(2)53(35)40-31-30-39-32-51-56-46(49(39)33-40)27-15-29-48(56)59-57(44-25-12-9-22-41(44)37-18-5-3-6-19-37)52-34-50-43-24-11-10-23-42(43)45-26-14-28-47(55(45)50)58(52)54(60(51)59)38-20-7-4-8-21-38/h3-10,12-16,18-23,25-29,32-34,36,46,56H,11,17,24,30-31H2,1-2H3. The minimum atomic E-state index is 0.256. The van der Waals surface area contributed by atoms with Crippen molar-refractivity contribution >= 4 is 43.8 Å². The number of benzene rings is 6. The van der Waals surface area contributed by atoms with Crippen LogP contribution in [0.2, 0.25) is 0 Å². The molecule has 0 bridgehead atoms. The van der Waals surface area contributed by atoms with Crippen LogP contribution >= 0.6 is 0 Å². The summed E-state index contributed by atoms with van der Waals surface area (Å²) in [6, 6.07) is 41.5. The molecule has 3 unspecified atom stereocenters. The van der Waals surface area contributed by atoms with E-state index in [9.17, 15) is 0 Å². The van der Waals surface area contributed by atoms with Crippen LogP contribution < -0.4 is 0 Å². The zero-order chi connectivity index (χ0) is 39.6. The van der Waals surface area contributed by atoms with E-state index in [0.29, 0.717) is 11.8 Å². The van der Waals surface area contributed by atoms with Gasteiger partial charge in [0.05, 0.1) is 0 Å². The molecule has 0 saturated carbocycles. The molecule has 6 aromatic rings. The van der Waals surface area contributed by atoms with Crippen molar-refractivity contribution < 1.29 is 0 Å². The molecule has 0 aliphatic heterocycles. The molecule has 13 rings (SSSR count). The third kappa shape index (κ3) is 4.74. The van der Waals surface area contributed by atoms with E-state index in [1.165, 1.54) is 116 Å². The molecule has 0 fully saturated rings. The van der Waals surface area contributed by atoms with Gasteiger partial charge in [-0.05, 0) is 178 Å². The molecular weight excluding hydrogens is 721 g/mol. The van der Waals surface area contributed by atoms with Gasteiger partial charge in [-0.1, -0.05) is 165 Å². The highest BCUT2D eigenvalue weighted by Gasteiger charge is 2.46. The lowest BCUT2D eigenvalue weighted by Gasteiger charge is -2.36. The van der Waals surface area contributed by atoms with Gasteiger partial charge in [0.25, 0.3) is 0 Å². The predicted octanol–water partition coefficient (Wildman–Crippen LogP) is 16.1. The van der Waals surface area contributed by atoms with Crippen molar-refractivity contribution in [1.82, 2.24) is 0 Å². The maximum atomic E-state index is 2.67. The number of hydrogen-bond donors (Lipinski definition) is 0. The van der Waals surface area contributed by atoms with Crippen molar-refractivity contribution in [2.75, 3.05) is 0 Å².